The van der Waals surface area contributed by atoms with Crippen molar-refractivity contribution in [2.45, 2.75) is 6.42 Å². The SMILES string of the molecule is NCCCSC1=NCCS1.O=C(O)CS(=O)(=O)CS(=O)(=O)CC(=O)O. The van der Waals surface area contributed by atoms with E-state index in [1.54, 1.807) is 0 Å². The van der Waals surface area contributed by atoms with Gasteiger partial charge in [-0.3, -0.25) is 14.6 Å². The number of thioether (sulfide) groups is 2. The molecule has 0 saturated heterocycles. The van der Waals surface area contributed by atoms with E-state index in [-0.39, 0.29) is 0 Å². The third-order valence-corrected chi connectivity index (χ3v) is 8.76. The molecule has 0 amide bonds. The van der Waals surface area contributed by atoms with E-state index in [0.29, 0.717) is 0 Å². The number of hydrogen-bond donors (Lipinski definition) is 3. The van der Waals surface area contributed by atoms with Crippen molar-refractivity contribution in [2.24, 2.45) is 10.7 Å². The maximum atomic E-state index is 10.9. The van der Waals surface area contributed by atoms with Crippen LogP contribution in [0.25, 0.3) is 0 Å². The van der Waals surface area contributed by atoms with Gasteiger partial charge in [0.15, 0.2) is 24.8 Å². The van der Waals surface area contributed by atoms with Gasteiger partial charge >= 0.3 is 11.9 Å². The summed E-state index contributed by atoms with van der Waals surface area (Å²) in [6.45, 7) is 1.81. The molecule has 0 aromatic carbocycles. The lowest BCUT2D eigenvalue weighted by molar-refractivity contribution is -0.135. The summed E-state index contributed by atoms with van der Waals surface area (Å²) < 4.78 is 44.8. The summed E-state index contributed by atoms with van der Waals surface area (Å²) in [5.41, 5.74) is 5.35. The minimum absolute atomic E-state index is 0.797. The van der Waals surface area contributed by atoms with E-state index in [4.69, 9.17) is 15.9 Å². The molecule has 1 rings (SSSR count). The van der Waals surface area contributed by atoms with Crippen molar-refractivity contribution in [3.05, 3.63) is 0 Å². The van der Waals surface area contributed by atoms with Crippen LogP contribution in [0.5, 0.6) is 0 Å². The first-order chi connectivity index (χ1) is 11.5. The van der Waals surface area contributed by atoms with Crippen LogP contribution < -0.4 is 5.73 Å². The molecule has 1 aliphatic heterocycles. The second-order valence-electron chi connectivity index (χ2n) is 4.67. The van der Waals surface area contributed by atoms with E-state index in [2.05, 4.69) is 4.99 Å². The zero-order chi connectivity index (χ0) is 19.5. The van der Waals surface area contributed by atoms with Crippen LogP contribution in [0.3, 0.4) is 0 Å². The molecule has 25 heavy (non-hydrogen) atoms. The topological polar surface area (TPSA) is 181 Å². The van der Waals surface area contributed by atoms with Gasteiger partial charge in [0.2, 0.25) is 0 Å². The highest BCUT2D eigenvalue weighted by Gasteiger charge is 2.26. The van der Waals surface area contributed by atoms with E-state index in [1.165, 1.54) is 10.1 Å². The first kappa shape index (κ1) is 24.2. The molecule has 0 saturated carbocycles. The second-order valence-corrected chi connectivity index (χ2v) is 11.6. The van der Waals surface area contributed by atoms with Crippen LogP contribution in [0.2, 0.25) is 0 Å². The van der Waals surface area contributed by atoms with E-state index in [1.807, 2.05) is 23.5 Å². The zero-order valence-corrected chi connectivity index (χ0v) is 16.4. The van der Waals surface area contributed by atoms with Gasteiger partial charge < -0.3 is 15.9 Å². The number of rotatable bonds is 9. The first-order valence-electron chi connectivity index (χ1n) is 6.82. The predicted octanol–water partition coefficient (Wildman–Crippen LogP) is -0.886. The predicted molar refractivity (Wildman–Crippen MR) is 98.6 cm³/mol. The summed E-state index contributed by atoms with van der Waals surface area (Å²) in [5, 5.41) is 14.8. The molecule has 0 aromatic heterocycles. The Morgan fingerprint density at radius 2 is 1.64 bits per heavy atom. The summed E-state index contributed by atoms with van der Waals surface area (Å²) in [4.78, 5) is 24.4. The fourth-order valence-corrected chi connectivity index (χ4v) is 7.03. The number of carboxylic acids is 2. The van der Waals surface area contributed by atoms with Gasteiger partial charge in [0, 0.05) is 11.5 Å². The lowest BCUT2D eigenvalue weighted by atomic mass is 10.5. The van der Waals surface area contributed by atoms with E-state index < -0.39 is 48.2 Å². The Bertz CT molecular complexity index is 643. The molecule has 0 aliphatic carbocycles. The molecular formula is C11H20N2O8S4. The summed E-state index contributed by atoms with van der Waals surface area (Å²) in [6.07, 6.45) is 1.10. The molecule has 1 heterocycles. The van der Waals surface area contributed by atoms with Crippen LogP contribution in [0.15, 0.2) is 4.99 Å². The number of hydrogen-bond acceptors (Lipinski definition) is 10. The molecule has 0 spiro atoms. The van der Waals surface area contributed by atoms with Gasteiger partial charge in [-0.2, -0.15) is 0 Å². The van der Waals surface area contributed by atoms with Crippen LogP contribution in [0, 0.1) is 0 Å². The highest BCUT2D eigenvalue weighted by Crippen LogP contribution is 2.22. The van der Waals surface area contributed by atoms with E-state index in [9.17, 15) is 26.4 Å². The maximum absolute atomic E-state index is 10.9. The zero-order valence-electron chi connectivity index (χ0n) is 13.2. The molecule has 10 nitrogen and oxygen atoms in total. The lowest BCUT2D eigenvalue weighted by Crippen LogP contribution is -2.27. The van der Waals surface area contributed by atoms with Crippen LogP contribution in [0.4, 0.5) is 0 Å². The van der Waals surface area contributed by atoms with Crippen LogP contribution in [-0.4, -0.2) is 84.5 Å². The maximum Gasteiger partial charge on any atom is 0.318 e. The molecule has 146 valence electrons. The number of nitrogens with zero attached hydrogens (tertiary/aromatic N) is 1. The molecule has 0 radical (unpaired) electrons. The molecule has 0 atom stereocenters. The smallest absolute Gasteiger partial charge is 0.318 e. The Balaban J connectivity index is 0.000000496. The number of carbonyl (C=O) groups is 2. The summed E-state index contributed by atoms with van der Waals surface area (Å²) in [5.74, 6) is -3.77. The molecule has 0 unspecified atom stereocenters. The first-order valence-corrected chi connectivity index (χ1v) is 12.4. The molecule has 0 fully saturated rings. The van der Waals surface area contributed by atoms with Gasteiger partial charge in [0.25, 0.3) is 0 Å². The average Bonchev–Trinajstić information content (AvgIpc) is 2.87. The van der Waals surface area contributed by atoms with Gasteiger partial charge in [0.1, 0.15) is 15.9 Å². The molecule has 4 N–H and O–H groups in total. The van der Waals surface area contributed by atoms with Crippen LogP contribution >= 0.6 is 23.5 Å². The average molecular weight is 437 g/mol. The number of sulfone groups is 2. The quantitative estimate of drug-likeness (QED) is 0.381. The number of aliphatic carboxylic acids is 2. The Hall–Kier alpha value is -0.830. The highest BCUT2D eigenvalue weighted by atomic mass is 32.3. The fraction of sp³-hybridized carbons (Fsp3) is 0.727. The summed E-state index contributed by atoms with van der Waals surface area (Å²) in [6, 6.07) is 0. The normalized spacial score (nSPS) is 14.4. The largest absolute Gasteiger partial charge is 0.480 e. The standard InChI is InChI=1S/C6H12N2S2.C5H8O8S2/c7-2-1-4-9-6-8-3-5-10-6;6-4(7)1-14(10,11)3-15(12,13)2-5(8)9/h1-5,7H2;1-3H2,(H,6,7)(H,8,9). The van der Waals surface area contributed by atoms with Gasteiger partial charge in [0.05, 0.1) is 6.54 Å². The highest BCUT2D eigenvalue weighted by molar-refractivity contribution is 8.39. The second kappa shape index (κ2) is 11.7. The van der Waals surface area contributed by atoms with Gasteiger partial charge in [-0.15, -0.1) is 0 Å². The molecule has 0 bridgehead atoms. The van der Waals surface area contributed by atoms with Crippen LogP contribution in [-0.2, 0) is 29.3 Å². The molecule has 14 heteroatoms. The van der Waals surface area contributed by atoms with Gasteiger partial charge in [-0.1, -0.05) is 23.5 Å². The van der Waals surface area contributed by atoms with E-state index >= 15 is 0 Å². The molecule has 0 aromatic rings. The summed E-state index contributed by atoms with van der Waals surface area (Å²) in [7, 11) is -8.67. The van der Waals surface area contributed by atoms with Crippen LogP contribution in [0.1, 0.15) is 6.42 Å². The number of aliphatic imine (C=N–C) groups is 1. The summed E-state index contributed by atoms with van der Waals surface area (Å²) >= 11 is 3.71. The Morgan fingerprint density at radius 1 is 1.12 bits per heavy atom. The number of nitrogens with two attached hydrogens (primary N) is 1. The molecular weight excluding hydrogens is 416 g/mol. The Kier molecular flexibility index (Phi) is 11.3. The van der Waals surface area contributed by atoms with Crippen molar-refractivity contribution >= 4 is 59.5 Å². The van der Waals surface area contributed by atoms with Crippen molar-refractivity contribution in [1.82, 2.24) is 0 Å². The van der Waals surface area contributed by atoms with Gasteiger partial charge in [-0.25, -0.2) is 16.8 Å². The Morgan fingerprint density at radius 3 is 2.00 bits per heavy atom. The van der Waals surface area contributed by atoms with Gasteiger partial charge in [-0.05, 0) is 13.0 Å². The lowest BCUT2D eigenvalue weighted by Gasteiger charge is -2.01. The fourth-order valence-electron chi connectivity index (χ4n) is 1.38. The van der Waals surface area contributed by atoms with E-state index in [0.717, 1.165) is 25.3 Å². The minimum atomic E-state index is -4.33. The minimum Gasteiger partial charge on any atom is -0.480 e. The van der Waals surface area contributed by atoms with Crippen molar-refractivity contribution in [1.29, 1.82) is 0 Å². The van der Waals surface area contributed by atoms with Crippen molar-refractivity contribution in [3.63, 3.8) is 0 Å². The number of carboxylic acid groups (broad SMARTS) is 2. The monoisotopic (exact) mass is 436 g/mol. The Labute approximate surface area is 154 Å². The third-order valence-electron chi connectivity index (χ3n) is 2.18. The van der Waals surface area contributed by atoms with Crippen molar-refractivity contribution in [3.8, 4) is 0 Å². The molecule has 1 aliphatic rings. The van der Waals surface area contributed by atoms with Crippen molar-refractivity contribution < 1.29 is 36.6 Å². The van der Waals surface area contributed by atoms with Crippen molar-refractivity contribution in [2.75, 3.05) is 41.2 Å². The third kappa shape index (κ3) is 14.1.